The van der Waals surface area contributed by atoms with E-state index in [0.29, 0.717) is 25.9 Å². The van der Waals surface area contributed by atoms with Crippen LogP contribution in [-0.2, 0) is 16.1 Å². The van der Waals surface area contributed by atoms with E-state index in [1.54, 1.807) is 4.90 Å². The average Bonchev–Trinajstić information content (AvgIpc) is 3.04. The van der Waals surface area contributed by atoms with Crippen molar-refractivity contribution in [3.05, 3.63) is 78.0 Å². The molecule has 1 spiro atoms. The minimum absolute atomic E-state index is 0.117. The number of carbonyl (C=O) groups excluding carboxylic acids is 2. The van der Waals surface area contributed by atoms with Crippen LogP contribution in [0.5, 0.6) is 0 Å². The maximum Gasteiger partial charge on any atom is 0.410 e. The number of ether oxygens (including phenoxy) is 1. The van der Waals surface area contributed by atoms with E-state index in [2.05, 4.69) is 5.32 Å². The molecule has 138 valence electrons. The van der Waals surface area contributed by atoms with Gasteiger partial charge in [-0.2, -0.15) is 0 Å². The Balaban J connectivity index is 1.34. The molecule has 0 aromatic heterocycles. The molecule has 2 aliphatic rings. The minimum atomic E-state index is -0.596. The molecule has 2 heterocycles. The van der Waals surface area contributed by atoms with E-state index >= 15 is 0 Å². The van der Waals surface area contributed by atoms with Crippen molar-refractivity contribution >= 4 is 17.4 Å². The van der Waals surface area contributed by atoms with Crippen LogP contribution >= 0.6 is 0 Å². The predicted octanol–water partition coefficient (Wildman–Crippen LogP) is 3.37. The molecule has 0 radical (unpaired) electrons. The highest BCUT2D eigenvalue weighted by molar-refractivity contribution is 6.27. The average molecular weight is 362 g/mol. The molecule has 5 nitrogen and oxygen atoms in total. The summed E-state index contributed by atoms with van der Waals surface area (Å²) in [5.41, 5.74) is 2.01. The summed E-state index contributed by atoms with van der Waals surface area (Å²) in [6, 6.07) is 19.3. The summed E-state index contributed by atoms with van der Waals surface area (Å²) in [5.74, 6) is 0.117. The summed E-state index contributed by atoms with van der Waals surface area (Å²) < 4.78 is 5.40. The van der Waals surface area contributed by atoms with Gasteiger partial charge in [0.2, 0.25) is 0 Å². The largest absolute Gasteiger partial charge is 0.445 e. The lowest BCUT2D eigenvalue weighted by Gasteiger charge is -2.38. The number of hydrogen-bond acceptors (Lipinski definition) is 4. The predicted molar refractivity (Wildman–Crippen MR) is 103 cm³/mol. The maximum absolute atomic E-state index is 13.0. The fourth-order valence-corrected chi connectivity index (χ4v) is 3.68. The van der Waals surface area contributed by atoms with Crippen molar-refractivity contribution < 1.29 is 14.3 Å². The highest BCUT2D eigenvalue weighted by atomic mass is 16.6. The van der Waals surface area contributed by atoms with Crippen LogP contribution in [0.25, 0.3) is 5.57 Å². The molecule has 4 rings (SSSR count). The summed E-state index contributed by atoms with van der Waals surface area (Å²) in [6.45, 7) is 1.27. The second kappa shape index (κ2) is 7.27. The summed E-state index contributed by atoms with van der Waals surface area (Å²) in [7, 11) is 0. The Morgan fingerprint density at radius 3 is 2.30 bits per heavy atom. The van der Waals surface area contributed by atoms with Crippen molar-refractivity contribution in [1.82, 2.24) is 10.2 Å². The number of rotatable bonds is 3. The zero-order valence-electron chi connectivity index (χ0n) is 15.1. The van der Waals surface area contributed by atoms with Gasteiger partial charge in [-0.1, -0.05) is 60.7 Å². The summed E-state index contributed by atoms with van der Waals surface area (Å²) in [6.07, 6.45) is 2.66. The number of hydrogen-bond donors (Lipinski definition) is 1. The molecule has 27 heavy (non-hydrogen) atoms. The van der Waals surface area contributed by atoms with Crippen LogP contribution in [0.4, 0.5) is 4.79 Å². The first-order chi connectivity index (χ1) is 13.2. The number of likely N-dealkylation sites (tertiary alicyclic amines) is 1. The molecular weight excluding hydrogens is 340 g/mol. The van der Waals surface area contributed by atoms with Gasteiger partial charge in [-0.15, -0.1) is 0 Å². The van der Waals surface area contributed by atoms with Gasteiger partial charge in [-0.3, -0.25) is 4.79 Å². The molecule has 1 N–H and O–H groups in total. The lowest BCUT2D eigenvalue weighted by atomic mass is 9.82. The van der Waals surface area contributed by atoms with Crippen LogP contribution in [0.1, 0.15) is 24.0 Å². The van der Waals surface area contributed by atoms with Gasteiger partial charge in [0.15, 0.2) is 5.78 Å². The maximum atomic E-state index is 13.0. The zero-order valence-corrected chi connectivity index (χ0v) is 15.1. The Kier molecular flexibility index (Phi) is 4.67. The van der Waals surface area contributed by atoms with Crippen LogP contribution in [0.15, 0.2) is 66.9 Å². The van der Waals surface area contributed by atoms with Crippen LogP contribution in [0, 0.1) is 0 Å². The fraction of sp³-hybridized carbons (Fsp3) is 0.273. The van der Waals surface area contributed by atoms with Crippen molar-refractivity contribution in [3.63, 3.8) is 0 Å². The number of nitrogens with zero attached hydrogens (tertiary/aromatic N) is 1. The molecule has 5 heteroatoms. The van der Waals surface area contributed by atoms with E-state index in [9.17, 15) is 9.59 Å². The number of amides is 1. The second-order valence-electron chi connectivity index (χ2n) is 7.01. The van der Waals surface area contributed by atoms with Gasteiger partial charge < -0.3 is 15.0 Å². The van der Waals surface area contributed by atoms with E-state index < -0.39 is 5.54 Å². The Morgan fingerprint density at radius 1 is 1.00 bits per heavy atom. The quantitative estimate of drug-likeness (QED) is 0.909. The minimum Gasteiger partial charge on any atom is -0.445 e. The summed E-state index contributed by atoms with van der Waals surface area (Å²) in [5, 5.41) is 3.30. The van der Waals surface area contributed by atoms with Crippen molar-refractivity contribution in [2.75, 3.05) is 13.1 Å². The molecule has 2 aliphatic heterocycles. The molecule has 0 aliphatic carbocycles. The molecule has 2 aromatic carbocycles. The van der Waals surface area contributed by atoms with E-state index in [1.165, 1.54) is 0 Å². The first kappa shape index (κ1) is 17.3. The standard InChI is InChI=1S/C22H22N2O3/c25-20-19(18-9-5-2-6-10-18)15-23-22(20)11-13-24(14-12-22)21(26)27-16-17-7-3-1-4-8-17/h1-10,15,23H,11-14,16H2. The zero-order chi connectivity index (χ0) is 18.7. The second-order valence-corrected chi connectivity index (χ2v) is 7.01. The third-order valence-electron chi connectivity index (χ3n) is 5.34. The highest BCUT2D eigenvalue weighted by Crippen LogP contribution is 2.34. The fourth-order valence-electron chi connectivity index (χ4n) is 3.68. The van der Waals surface area contributed by atoms with Gasteiger partial charge in [0.1, 0.15) is 12.1 Å². The summed E-state index contributed by atoms with van der Waals surface area (Å²) >= 11 is 0. The number of piperidine rings is 1. The topological polar surface area (TPSA) is 58.6 Å². The highest BCUT2D eigenvalue weighted by Gasteiger charge is 2.46. The monoisotopic (exact) mass is 362 g/mol. The molecular formula is C22H22N2O3. The third-order valence-corrected chi connectivity index (χ3v) is 5.34. The number of benzene rings is 2. The molecule has 1 fully saturated rings. The molecule has 1 saturated heterocycles. The van der Waals surface area contributed by atoms with Gasteiger partial charge in [-0.05, 0) is 24.0 Å². The van der Waals surface area contributed by atoms with E-state index in [4.69, 9.17) is 4.74 Å². The molecule has 0 saturated carbocycles. The van der Waals surface area contributed by atoms with Crippen LogP contribution < -0.4 is 5.32 Å². The molecule has 2 aromatic rings. The van der Waals surface area contributed by atoms with Gasteiger partial charge >= 0.3 is 6.09 Å². The van der Waals surface area contributed by atoms with Gasteiger partial charge in [0.25, 0.3) is 0 Å². The van der Waals surface area contributed by atoms with E-state index in [1.807, 2.05) is 66.9 Å². The Labute approximate surface area is 158 Å². The van der Waals surface area contributed by atoms with E-state index in [-0.39, 0.29) is 18.5 Å². The van der Waals surface area contributed by atoms with Gasteiger partial charge in [0, 0.05) is 24.9 Å². The molecule has 1 amide bonds. The molecule has 0 bridgehead atoms. The Morgan fingerprint density at radius 2 is 1.63 bits per heavy atom. The Hall–Kier alpha value is -3.08. The number of carbonyl (C=O) groups is 2. The van der Waals surface area contributed by atoms with Gasteiger partial charge in [0.05, 0.1) is 0 Å². The normalized spacial score (nSPS) is 18.1. The first-order valence-corrected chi connectivity index (χ1v) is 9.22. The van der Waals surface area contributed by atoms with Crippen LogP contribution in [0.2, 0.25) is 0 Å². The SMILES string of the molecule is O=C(OCc1ccccc1)N1CCC2(CC1)NC=C(c1ccccc1)C2=O. The number of Topliss-reactive ketones (excluding diaryl/α,β-unsaturated/α-hetero) is 1. The third kappa shape index (κ3) is 3.45. The van der Waals surface area contributed by atoms with Crippen LogP contribution in [0.3, 0.4) is 0 Å². The number of nitrogens with one attached hydrogen (secondary N) is 1. The number of ketones is 1. The Bertz CT molecular complexity index is 854. The smallest absolute Gasteiger partial charge is 0.410 e. The van der Waals surface area contributed by atoms with Crippen molar-refractivity contribution in [2.45, 2.75) is 25.0 Å². The molecule has 0 atom stereocenters. The lowest BCUT2D eigenvalue weighted by Crippen LogP contribution is -2.55. The first-order valence-electron chi connectivity index (χ1n) is 9.22. The van der Waals surface area contributed by atoms with Crippen molar-refractivity contribution in [2.24, 2.45) is 0 Å². The van der Waals surface area contributed by atoms with Crippen molar-refractivity contribution in [3.8, 4) is 0 Å². The van der Waals surface area contributed by atoms with E-state index in [0.717, 1.165) is 16.7 Å². The van der Waals surface area contributed by atoms with Gasteiger partial charge in [-0.25, -0.2) is 4.79 Å². The summed E-state index contributed by atoms with van der Waals surface area (Å²) in [4.78, 5) is 27.0. The van der Waals surface area contributed by atoms with Crippen molar-refractivity contribution in [1.29, 1.82) is 0 Å². The lowest BCUT2D eigenvalue weighted by molar-refractivity contribution is -0.120. The molecule has 0 unspecified atom stereocenters. The van der Waals surface area contributed by atoms with Crippen LogP contribution in [-0.4, -0.2) is 35.4 Å².